The molecule has 1 atom stereocenters. The molecular formula is C29H29FN6O3. The molecule has 1 aliphatic carbocycles. The van der Waals surface area contributed by atoms with Crippen LogP contribution < -0.4 is 15.6 Å². The molecular weight excluding hydrogens is 499 g/mol. The van der Waals surface area contributed by atoms with Crippen molar-refractivity contribution in [1.82, 2.24) is 19.4 Å². The van der Waals surface area contributed by atoms with Gasteiger partial charge in [0.1, 0.15) is 17.0 Å². The van der Waals surface area contributed by atoms with Gasteiger partial charge >= 0.3 is 5.97 Å². The molecule has 1 saturated heterocycles. The summed E-state index contributed by atoms with van der Waals surface area (Å²) in [5.74, 6) is -1.61. The number of aryl methyl sites for hydroxylation is 1. The Bertz CT molecular complexity index is 1730. The van der Waals surface area contributed by atoms with Gasteiger partial charge in [0, 0.05) is 80.6 Å². The molecule has 39 heavy (non-hydrogen) atoms. The molecule has 1 fully saturated rings. The number of halogens is 1. The van der Waals surface area contributed by atoms with Gasteiger partial charge < -0.3 is 24.8 Å². The molecule has 10 heteroatoms. The number of hydrogen-bond acceptors (Lipinski definition) is 7. The second-order valence-electron chi connectivity index (χ2n) is 10.5. The molecule has 1 aromatic carbocycles. The summed E-state index contributed by atoms with van der Waals surface area (Å²) in [6.45, 7) is 1.59. The van der Waals surface area contributed by atoms with Gasteiger partial charge in [0.25, 0.3) is 0 Å². The number of nitrogens with one attached hydrogen (secondary N) is 1. The number of aromatic nitrogens is 3. The van der Waals surface area contributed by atoms with Gasteiger partial charge in [0.2, 0.25) is 5.43 Å². The van der Waals surface area contributed by atoms with Crippen LogP contribution in [0.25, 0.3) is 33.3 Å². The third-order valence-electron chi connectivity index (χ3n) is 7.99. The minimum atomic E-state index is -1.28. The topological polar surface area (TPSA) is 104 Å². The molecule has 0 saturated carbocycles. The molecule has 4 aromatic rings. The summed E-state index contributed by atoms with van der Waals surface area (Å²) in [4.78, 5) is 38.7. The first kappa shape index (κ1) is 25.0. The quantitative estimate of drug-likeness (QED) is 0.357. The normalized spacial score (nSPS) is 16.2. The largest absolute Gasteiger partial charge is 0.477 e. The van der Waals surface area contributed by atoms with E-state index in [0.29, 0.717) is 23.7 Å². The van der Waals surface area contributed by atoms with Crippen molar-refractivity contribution >= 4 is 28.4 Å². The summed E-state index contributed by atoms with van der Waals surface area (Å²) in [6.07, 6.45) is 6.33. The molecule has 0 unspecified atom stereocenters. The smallest absolute Gasteiger partial charge is 0.341 e. The summed E-state index contributed by atoms with van der Waals surface area (Å²) in [6, 6.07) is 5.13. The van der Waals surface area contributed by atoms with Gasteiger partial charge in [-0.05, 0) is 49.8 Å². The van der Waals surface area contributed by atoms with E-state index in [4.69, 9.17) is 4.98 Å². The van der Waals surface area contributed by atoms with Crippen LogP contribution in [0.4, 0.5) is 15.8 Å². The van der Waals surface area contributed by atoms with E-state index in [1.807, 2.05) is 0 Å². The summed E-state index contributed by atoms with van der Waals surface area (Å²) >= 11 is 0. The van der Waals surface area contributed by atoms with Crippen LogP contribution in [0.15, 0.2) is 41.6 Å². The zero-order chi connectivity index (χ0) is 27.6. The van der Waals surface area contributed by atoms with Gasteiger partial charge in [0.05, 0.1) is 16.8 Å². The fourth-order valence-corrected chi connectivity index (χ4v) is 5.97. The Kier molecular flexibility index (Phi) is 5.87. The van der Waals surface area contributed by atoms with E-state index in [0.717, 1.165) is 58.8 Å². The van der Waals surface area contributed by atoms with Gasteiger partial charge in [-0.3, -0.25) is 9.78 Å². The first-order valence-corrected chi connectivity index (χ1v) is 12.8. The lowest BCUT2D eigenvalue weighted by Gasteiger charge is -2.27. The molecule has 0 radical (unpaired) electrons. The second kappa shape index (κ2) is 9.16. The molecule has 1 aliphatic heterocycles. The van der Waals surface area contributed by atoms with E-state index in [2.05, 4.69) is 34.2 Å². The first-order valence-electron chi connectivity index (χ1n) is 12.8. The Labute approximate surface area is 224 Å². The van der Waals surface area contributed by atoms with Crippen molar-refractivity contribution < 1.29 is 14.3 Å². The average molecular weight is 529 g/mol. The van der Waals surface area contributed by atoms with Crippen LogP contribution >= 0.6 is 0 Å². The van der Waals surface area contributed by atoms with Crippen molar-refractivity contribution in [1.29, 1.82) is 0 Å². The van der Waals surface area contributed by atoms with Crippen LogP contribution in [0.2, 0.25) is 0 Å². The Balaban J connectivity index is 1.62. The maximum Gasteiger partial charge on any atom is 0.341 e. The highest BCUT2D eigenvalue weighted by atomic mass is 19.1. The number of rotatable bonds is 5. The fourth-order valence-electron chi connectivity index (χ4n) is 5.97. The Hall–Kier alpha value is -4.31. The number of fused-ring (bicyclic) bond motifs is 4. The van der Waals surface area contributed by atoms with E-state index < -0.39 is 11.4 Å². The van der Waals surface area contributed by atoms with Crippen molar-refractivity contribution in [2.75, 3.05) is 44.4 Å². The number of anilines is 2. The fraction of sp³-hybridized carbons (Fsp3) is 0.310. The summed E-state index contributed by atoms with van der Waals surface area (Å²) in [7, 11) is 7.59. The number of carboxylic acid groups (broad SMARTS) is 1. The van der Waals surface area contributed by atoms with Crippen molar-refractivity contribution in [2.45, 2.75) is 18.9 Å². The zero-order valence-electron chi connectivity index (χ0n) is 22.2. The number of carboxylic acids is 1. The molecule has 6 rings (SSSR count). The van der Waals surface area contributed by atoms with Crippen molar-refractivity contribution in [3.05, 3.63) is 69.7 Å². The Morgan fingerprint density at radius 2 is 1.97 bits per heavy atom. The van der Waals surface area contributed by atoms with Crippen molar-refractivity contribution in [3.8, 4) is 22.3 Å². The standard InChI is InChI=1S/C29H29FN6O3/c1-31-23-9-16(30)8-19-18(23)10-24-25(19)26(36-6-5-17(13-36)34(2)3)21(12-32-24)15-7-20-27(37)22(29(38)39)14-35(4)28(20)33-11-15/h7-9,11-12,14,17,31H,5-6,10,13H2,1-4H3,(H,38,39)/t17-/m0/s1. The monoisotopic (exact) mass is 528 g/mol. The number of likely N-dealkylation sites (N-methyl/N-ethyl adjacent to an activating group) is 1. The molecule has 200 valence electrons. The van der Waals surface area contributed by atoms with E-state index in [-0.39, 0.29) is 16.8 Å². The second-order valence-corrected chi connectivity index (χ2v) is 10.5. The van der Waals surface area contributed by atoms with Crippen LogP contribution in [0.5, 0.6) is 0 Å². The number of hydrogen-bond donors (Lipinski definition) is 2. The van der Waals surface area contributed by atoms with Gasteiger partial charge in [0.15, 0.2) is 0 Å². The minimum Gasteiger partial charge on any atom is -0.477 e. The third-order valence-corrected chi connectivity index (χ3v) is 7.99. The summed E-state index contributed by atoms with van der Waals surface area (Å²) in [5.41, 5.74) is 6.17. The predicted octanol–water partition coefficient (Wildman–Crippen LogP) is 3.59. The van der Waals surface area contributed by atoms with E-state index in [1.54, 1.807) is 43.2 Å². The molecule has 2 aliphatic rings. The van der Waals surface area contributed by atoms with Crippen LogP contribution in [0.3, 0.4) is 0 Å². The predicted molar refractivity (Wildman–Crippen MR) is 149 cm³/mol. The van der Waals surface area contributed by atoms with E-state index in [9.17, 15) is 19.1 Å². The summed E-state index contributed by atoms with van der Waals surface area (Å²) in [5, 5.41) is 12.9. The lowest BCUT2D eigenvalue weighted by atomic mass is 9.97. The molecule has 0 amide bonds. The minimum absolute atomic E-state index is 0.220. The number of benzene rings is 1. The highest BCUT2D eigenvalue weighted by Crippen LogP contribution is 2.49. The molecule has 0 bridgehead atoms. The van der Waals surface area contributed by atoms with Crippen LogP contribution in [0, 0.1) is 5.82 Å². The highest BCUT2D eigenvalue weighted by molar-refractivity contribution is 5.98. The van der Waals surface area contributed by atoms with Crippen LogP contribution in [-0.2, 0) is 13.5 Å². The van der Waals surface area contributed by atoms with Crippen molar-refractivity contribution in [3.63, 3.8) is 0 Å². The first-order chi connectivity index (χ1) is 18.7. The zero-order valence-corrected chi connectivity index (χ0v) is 22.2. The lowest BCUT2D eigenvalue weighted by molar-refractivity contribution is 0.0695. The molecule has 9 nitrogen and oxygen atoms in total. The third kappa shape index (κ3) is 3.94. The van der Waals surface area contributed by atoms with Crippen molar-refractivity contribution in [2.24, 2.45) is 7.05 Å². The maximum absolute atomic E-state index is 14.8. The lowest BCUT2D eigenvalue weighted by Crippen LogP contribution is -2.31. The van der Waals surface area contributed by atoms with E-state index in [1.165, 1.54) is 12.3 Å². The number of carbonyl (C=O) groups is 1. The van der Waals surface area contributed by atoms with Gasteiger partial charge in [-0.1, -0.05) is 0 Å². The highest BCUT2D eigenvalue weighted by Gasteiger charge is 2.34. The molecule has 2 N–H and O–H groups in total. The average Bonchev–Trinajstić information content (AvgIpc) is 3.55. The van der Waals surface area contributed by atoms with Crippen LogP contribution in [0.1, 0.15) is 28.0 Å². The molecule has 3 aromatic heterocycles. The number of nitrogens with zero attached hydrogens (tertiary/aromatic N) is 5. The Morgan fingerprint density at radius 1 is 1.18 bits per heavy atom. The van der Waals surface area contributed by atoms with Gasteiger partial charge in [-0.25, -0.2) is 14.2 Å². The Morgan fingerprint density at radius 3 is 2.67 bits per heavy atom. The maximum atomic E-state index is 14.8. The number of aromatic carboxylic acids is 1. The molecule has 4 heterocycles. The van der Waals surface area contributed by atoms with Gasteiger partial charge in [-0.2, -0.15) is 0 Å². The van der Waals surface area contributed by atoms with Gasteiger partial charge in [-0.15, -0.1) is 0 Å². The SMILES string of the molecule is CNc1cc(F)cc2c1Cc1ncc(-c3cnc4c(c3)c(=O)c(C(=O)O)cn4C)c(N3CC[C@H](N(C)C)C3)c1-2. The number of pyridine rings is 3. The summed E-state index contributed by atoms with van der Waals surface area (Å²) < 4.78 is 16.3. The molecule has 0 spiro atoms. The van der Waals surface area contributed by atoms with E-state index >= 15 is 0 Å². The van der Waals surface area contributed by atoms with Crippen LogP contribution in [-0.4, -0.2) is 70.8 Å².